The molecule has 7 N–H and O–H groups in total. The lowest BCUT2D eigenvalue weighted by molar-refractivity contribution is -0.144. The molecule has 0 radical (unpaired) electrons. The summed E-state index contributed by atoms with van der Waals surface area (Å²) in [5.41, 5.74) is 3.30. The molecule has 34 heavy (non-hydrogen) atoms. The summed E-state index contributed by atoms with van der Waals surface area (Å²) in [6.45, 7) is 5.52. The predicted octanol–water partition coefficient (Wildman–Crippen LogP) is 1.72. The number of hydrogen-bond donors (Lipinski definition) is 6. The van der Waals surface area contributed by atoms with Crippen molar-refractivity contribution in [3.05, 3.63) is 51.5 Å². The van der Waals surface area contributed by atoms with Crippen molar-refractivity contribution < 1.29 is 34.8 Å². The number of primary amides is 1. The van der Waals surface area contributed by atoms with E-state index in [1.807, 2.05) is 0 Å². The largest absolute Gasteiger partial charge is 0.511 e. The highest BCUT2D eigenvalue weighted by Gasteiger charge is 2.59. The maximum atomic E-state index is 13.5. The number of rotatable bonds is 6. The van der Waals surface area contributed by atoms with Gasteiger partial charge in [0.2, 0.25) is 5.78 Å². The molecular formula is C25H30N2O7. The zero-order valence-electron chi connectivity index (χ0n) is 19.2. The first-order valence-corrected chi connectivity index (χ1v) is 11.5. The predicted molar refractivity (Wildman–Crippen MR) is 122 cm³/mol. The molecule has 4 atom stereocenters. The van der Waals surface area contributed by atoms with Gasteiger partial charge in [0.15, 0.2) is 11.4 Å². The Balaban J connectivity index is 1.76. The Kier molecular flexibility index (Phi) is 6.03. The van der Waals surface area contributed by atoms with Gasteiger partial charge in [-0.1, -0.05) is 26.3 Å². The van der Waals surface area contributed by atoms with E-state index in [9.17, 15) is 34.8 Å². The number of carbonyl (C=O) groups is 3. The molecule has 1 amide bonds. The Bertz CT molecular complexity index is 1150. The van der Waals surface area contributed by atoms with E-state index in [0.29, 0.717) is 24.4 Å². The van der Waals surface area contributed by atoms with Crippen LogP contribution in [0.25, 0.3) is 0 Å². The highest BCUT2D eigenvalue weighted by molar-refractivity contribution is 6.24. The smallest absolute Gasteiger partial charge is 0.255 e. The number of aliphatic hydroxyl groups excluding tert-OH is 2. The van der Waals surface area contributed by atoms with Crippen LogP contribution in [0.3, 0.4) is 0 Å². The number of phenolic OH excluding ortho intramolecular Hbond substituents is 1. The molecule has 0 aliphatic heterocycles. The third-order valence-electron chi connectivity index (χ3n) is 7.55. The molecule has 1 unspecified atom stereocenters. The molecule has 9 nitrogen and oxygen atoms in total. The van der Waals surface area contributed by atoms with Crippen molar-refractivity contribution in [2.75, 3.05) is 6.54 Å². The molecule has 1 aromatic carbocycles. The van der Waals surface area contributed by atoms with Gasteiger partial charge in [-0.25, -0.2) is 0 Å². The molecule has 4 rings (SSSR count). The van der Waals surface area contributed by atoms with Gasteiger partial charge in [-0.3, -0.25) is 14.4 Å². The molecule has 3 aliphatic carbocycles. The topological polar surface area (TPSA) is 170 Å². The van der Waals surface area contributed by atoms with Crippen LogP contribution in [0, 0.1) is 17.8 Å². The van der Waals surface area contributed by atoms with E-state index < -0.39 is 52.0 Å². The molecule has 0 heterocycles. The number of aliphatic hydroxyl groups is 3. The number of amides is 1. The minimum Gasteiger partial charge on any atom is -0.511 e. The number of nitrogens with one attached hydrogen (secondary N) is 1. The van der Waals surface area contributed by atoms with Crippen molar-refractivity contribution in [1.29, 1.82) is 0 Å². The highest BCUT2D eigenvalue weighted by Crippen LogP contribution is 2.51. The first-order chi connectivity index (χ1) is 16.0. The van der Waals surface area contributed by atoms with Gasteiger partial charge >= 0.3 is 0 Å². The van der Waals surface area contributed by atoms with Crippen molar-refractivity contribution in [2.24, 2.45) is 23.5 Å². The molecular weight excluding hydrogens is 440 g/mol. The number of Topliss-reactive ketones (excluding diaryl/α,β-unsaturated/α-hetero) is 2. The molecule has 0 fully saturated rings. The molecule has 0 spiro atoms. The van der Waals surface area contributed by atoms with E-state index >= 15 is 0 Å². The van der Waals surface area contributed by atoms with Gasteiger partial charge in [0, 0.05) is 24.5 Å². The van der Waals surface area contributed by atoms with Crippen LogP contribution in [0.15, 0.2) is 34.8 Å². The molecule has 0 saturated heterocycles. The maximum absolute atomic E-state index is 13.5. The van der Waals surface area contributed by atoms with E-state index in [-0.39, 0.29) is 29.7 Å². The number of allylic oxidation sites excluding steroid dienone is 2. The Hall–Kier alpha value is -3.17. The van der Waals surface area contributed by atoms with E-state index in [4.69, 9.17) is 5.73 Å². The van der Waals surface area contributed by atoms with Gasteiger partial charge in [-0.05, 0) is 48.4 Å². The van der Waals surface area contributed by atoms with Crippen molar-refractivity contribution in [3.8, 4) is 5.75 Å². The Morgan fingerprint density at radius 2 is 1.94 bits per heavy atom. The molecule has 0 bridgehead atoms. The van der Waals surface area contributed by atoms with Gasteiger partial charge in [0.1, 0.15) is 22.8 Å². The summed E-state index contributed by atoms with van der Waals surface area (Å²) in [5, 5.41) is 46.4. The van der Waals surface area contributed by atoms with Gasteiger partial charge in [-0.2, -0.15) is 0 Å². The number of nitrogens with two attached hydrogens (primary N) is 1. The van der Waals surface area contributed by atoms with Crippen molar-refractivity contribution >= 4 is 17.5 Å². The van der Waals surface area contributed by atoms with Gasteiger partial charge in [-0.15, -0.1) is 0 Å². The number of carbonyl (C=O) groups excluding carboxylic acids is 3. The normalized spacial score (nSPS) is 27.3. The molecule has 9 heteroatoms. The summed E-state index contributed by atoms with van der Waals surface area (Å²) in [6, 6.07) is 3.18. The average molecular weight is 471 g/mol. The minimum atomic E-state index is -2.54. The average Bonchev–Trinajstić information content (AvgIpc) is 2.77. The van der Waals surface area contributed by atoms with Crippen LogP contribution < -0.4 is 11.1 Å². The summed E-state index contributed by atoms with van der Waals surface area (Å²) in [6.07, 6.45) is 1.22. The number of ketones is 2. The van der Waals surface area contributed by atoms with E-state index in [2.05, 4.69) is 19.2 Å². The van der Waals surface area contributed by atoms with Gasteiger partial charge < -0.3 is 31.5 Å². The summed E-state index contributed by atoms with van der Waals surface area (Å²) in [5.74, 6) is -5.70. The highest BCUT2D eigenvalue weighted by atomic mass is 16.3. The Morgan fingerprint density at radius 1 is 1.24 bits per heavy atom. The fourth-order valence-electron chi connectivity index (χ4n) is 5.45. The number of hydrogen-bond acceptors (Lipinski definition) is 8. The maximum Gasteiger partial charge on any atom is 0.255 e. The van der Waals surface area contributed by atoms with Crippen molar-refractivity contribution in [3.63, 3.8) is 0 Å². The third-order valence-corrected chi connectivity index (χ3v) is 7.55. The van der Waals surface area contributed by atoms with Crippen LogP contribution >= 0.6 is 0 Å². The molecule has 182 valence electrons. The Morgan fingerprint density at radius 3 is 2.59 bits per heavy atom. The lowest BCUT2D eigenvalue weighted by Gasteiger charge is -2.45. The van der Waals surface area contributed by atoms with Crippen LogP contribution in [0.4, 0.5) is 0 Å². The first-order valence-electron chi connectivity index (χ1n) is 11.5. The molecule has 0 saturated carbocycles. The van der Waals surface area contributed by atoms with Crippen molar-refractivity contribution in [2.45, 2.75) is 51.7 Å². The number of aromatic hydroxyl groups is 1. The quantitative estimate of drug-likeness (QED) is 0.341. The molecule has 3 aliphatic rings. The summed E-state index contributed by atoms with van der Waals surface area (Å²) < 4.78 is 0. The number of fused-ring (bicyclic) bond motifs is 3. The second-order valence-corrected chi connectivity index (χ2v) is 9.65. The molecule has 1 aromatic rings. The van der Waals surface area contributed by atoms with Crippen molar-refractivity contribution in [1.82, 2.24) is 5.32 Å². The lowest BCUT2D eigenvalue weighted by atomic mass is 9.60. The zero-order valence-corrected chi connectivity index (χ0v) is 19.2. The van der Waals surface area contributed by atoms with E-state index in [1.165, 1.54) is 6.07 Å². The second-order valence-electron chi connectivity index (χ2n) is 9.65. The van der Waals surface area contributed by atoms with Crippen LogP contribution in [0.1, 0.15) is 54.6 Å². The second kappa shape index (κ2) is 8.56. The van der Waals surface area contributed by atoms with Crippen LogP contribution in [0.2, 0.25) is 0 Å². The van der Waals surface area contributed by atoms with Gasteiger partial charge in [0.25, 0.3) is 5.91 Å². The Labute approximate surface area is 197 Å². The lowest BCUT2D eigenvalue weighted by Crippen LogP contribution is -2.57. The van der Waals surface area contributed by atoms with Crippen LogP contribution in [0.5, 0.6) is 5.75 Å². The van der Waals surface area contributed by atoms with Crippen LogP contribution in [-0.4, -0.2) is 50.0 Å². The zero-order chi connectivity index (χ0) is 24.9. The van der Waals surface area contributed by atoms with Gasteiger partial charge in [0.05, 0.1) is 5.56 Å². The summed E-state index contributed by atoms with van der Waals surface area (Å²) in [4.78, 5) is 38.2. The van der Waals surface area contributed by atoms with Crippen LogP contribution in [-0.2, 0) is 22.6 Å². The summed E-state index contributed by atoms with van der Waals surface area (Å²) in [7, 11) is 0. The standard InChI is InChI=1S/C25H30N2O7/c1-3-11(2)9-27-10-12-4-5-16(28)19-15(12)7-13-6-14-8-17(29)20(24(26)33)23(32)25(14,34)22(31)18(13)21(19)30/h4-5,11,13-14,27-29,31,34H,3,6-10H2,1-2H3,(H2,26,33)/t11?,13-,14+,25+/m1/s1. The number of benzene rings is 1. The van der Waals surface area contributed by atoms with E-state index in [1.54, 1.807) is 6.07 Å². The monoisotopic (exact) mass is 470 g/mol. The SMILES string of the molecule is CCC(C)CNCc1ccc(O)c2c1C[C@H]1C[C@H]3CC(O)=C(C(N)=O)C(=O)[C@@]3(O)C(O)=C1C2=O. The fraction of sp³-hybridized carbons (Fsp3) is 0.480. The first kappa shape index (κ1) is 24.0. The number of phenols is 1. The third kappa shape index (κ3) is 3.50. The fourth-order valence-corrected chi connectivity index (χ4v) is 5.45. The summed E-state index contributed by atoms with van der Waals surface area (Å²) >= 11 is 0. The van der Waals surface area contributed by atoms with E-state index in [0.717, 1.165) is 18.5 Å². The minimum absolute atomic E-state index is 0.0412. The molecule has 0 aromatic heterocycles.